The van der Waals surface area contributed by atoms with Gasteiger partial charge in [-0.3, -0.25) is 9.78 Å². The van der Waals surface area contributed by atoms with Crippen LogP contribution >= 0.6 is 0 Å². The number of aliphatic carboxylic acids is 1. The van der Waals surface area contributed by atoms with Gasteiger partial charge in [0.1, 0.15) is 23.7 Å². The molecule has 0 unspecified atom stereocenters. The summed E-state index contributed by atoms with van der Waals surface area (Å²) in [6.07, 6.45) is -0.420. The maximum absolute atomic E-state index is 13.4. The average molecular weight is 237 g/mol. The fourth-order valence-corrected chi connectivity index (χ4v) is 1.38. The number of hydrogen-bond donors (Lipinski definition) is 2. The lowest BCUT2D eigenvalue weighted by molar-refractivity contribution is -0.136. The van der Waals surface area contributed by atoms with E-state index in [9.17, 15) is 14.0 Å². The molecule has 0 atom stereocenters. The first-order valence-electron chi connectivity index (χ1n) is 4.73. The number of carboxylic acid groups (broad SMARTS) is 1. The standard InChI is InChI=1S/C10H8FN3O3/c11-6-3-1-2-4-7(6)14-10(17)12-8(13-14)5-9(15)16/h1-4H,5H2,(H,15,16)(H,12,13,17). The highest BCUT2D eigenvalue weighted by Gasteiger charge is 2.12. The predicted molar refractivity (Wildman–Crippen MR) is 55.5 cm³/mol. The molecule has 0 amide bonds. The van der Waals surface area contributed by atoms with Gasteiger partial charge in [0.05, 0.1) is 0 Å². The molecule has 1 heterocycles. The molecular formula is C10H8FN3O3. The Balaban J connectivity index is 2.47. The number of para-hydroxylation sites is 1. The highest BCUT2D eigenvalue weighted by molar-refractivity contribution is 5.68. The molecule has 2 N–H and O–H groups in total. The first-order chi connectivity index (χ1) is 8.08. The van der Waals surface area contributed by atoms with Crippen LogP contribution in [-0.2, 0) is 11.2 Å². The van der Waals surface area contributed by atoms with E-state index in [0.717, 1.165) is 4.68 Å². The minimum Gasteiger partial charge on any atom is -0.481 e. The van der Waals surface area contributed by atoms with Gasteiger partial charge in [0.15, 0.2) is 0 Å². The lowest BCUT2D eigenvalue weighted by Crippen LogP contribution is -2.17. The zero-order chi connectivity index (χ0) is 12.4. The van der Waals surface area contributed by atoms with Gasteiger partial charge in [-0.05, 0) is 12.1 Å². The van der Waals surface area contributed by atoms with Gasteiger partial charge in [-0.1, -0.05) is 12.1 Å². The molecule has 17 heavy (non-hydrogen) atoms. The minimum absolute atomic E-state index is 0.0225. The summed E-state index contributed by atoms with van der Waals surface area (Å²) in [7, 11) is 0. The van der Waals surface area contributed by atoms with Crippen LogP contribution in [0, 0.1) is 5.82 Å². The molecule has 6 nitrogen and oxygen atoms in total. The third kappa shape index (κ3) is 2.22. The first kappa shape index (κ1) is 11.1. The Morgan fingerprint density at radius 3 is 2.82 bits per heavy atom. The topological polar surface area (TPSA) is 88.0 Å². The van der Waals surface area contributed by atoms with Crippen LogP contribution in [0.2, 0.25) is 0 Å². The van der Waals surface area contributed by atoms with Crippen molar-refractivity contribution in [3.8, 4) is 5.69 Å². The largest absolute Gasteiger partial charge is 0.481 e. The van der Waals surface area contributed by atoms with Crippen molar-refractivity contribution < 1.29 is 14.3 Å². The number of H-pyrrole nitrogens is 1. The Bertz CT molecular complexity index is 617. The van der Waals surface area contributed by atoms with E-state index in [4.69, 9.17) is 5.11 Å². The summed E-state index contributed by atoms with van der Waals surface area (Å²) in [6.45, 7) is 0. The summed E-state index contributed by atoms with van der Waals surface area (Å²) >= 11 is 0. The number of benzene rings is 1. The Kier molecular flexibility index (Phi) is 2.73. The molecule has 0 aliphatic heterocycles. The molecule has 0 aliphatic rings. The molecule has 1 aromatic carbocycles. The van der Waals surface area contributed by atoms with Crippen LogP contribution in [0.5, 0.6) is 0 Å². The molecule has 0 saturated heterocycles. The number of carboxylic acids is 1. The molecule has 0 saturated carbocycles. The van der Waals surface area contributed by atoms with Crippen molar-refractivity contribution in [2.24, 2.45) is 0 Å². The van der Waals surface area contributed by atoms with Gasteiger partial charge in [-0.15, -0.1) is 5.10 Å². The second-order valence-corrected chi connectivity index (χ2v) is 3.31. The van der Waals surface area contributed by atoms with E-state index in [2.05, 4.69) is 10.1 Å². The van der Waals surface area contributed by atoms with Crippen molar-refractivity contribution in [2.75, 3.05) is 0 Å². The summed E-state index contributed by atoms with van der Waals surface area (Å²) < 4.78 is 14.2. The Morgan fingerprint density at radius 2 is 2.18 bits per heavy atom. The second kappa shape index (κ2) is 4.20. The van der Waals surface area contributed by atoms with E-state index >= 15 is 0 Å². The van der Waals surface area contributed by atoms with Crippen LogP contribution in [-0.4, -0.2) is 25.8 Å². The van der Waals surface area contributed by atoms with E-state index in [-0.39, 0.29) is 11.5 Å². The minimum atomic E-state index is -1.13. The molecular weight excluding hydrogens is 229 g/mol. The van der Waals surface area contributed by atoms with Gasteiger partial charge < -0.3 is 5.11 Å². The Hall–Kier alpha value is -2.44. The third-order valence-corrected chi connectivity index (χ3v) is 2.06. The normalized spacial score (nSPS) is 10.4. The summed E-state index contributed by atoms with van der Waals surface area (Å²) in [6, 6.07) is 5.60. The van der Waals surface area contributed by atoms with Gasteiger partial charge in [-0.25, -0.2) is 9.18 Å². The zero-order valence-corrected chi connectivity index (χ0v) is 8.55. The SMILES string of the molecule is O=C(O)Cc1nn(-c2ccccc2F)c(=O)[nH]1. The van der Waals surface area contributed by atoms with Crippen molar-refractivity contribution >= 4 is 5.97 Å². The second-order valence-electron chi connectivity index (χ2n) is 3.31. The van der Waals surface area contributed by atoms with E-state index in [0.29, 0.717) is 0 Å². The average Bonchev–Trinajstić information content (AvgIpc) is 2.59. The highest BCUT2D eigenvalue weighted by atomic mass is 19.1. The summed E-state index contributed by atoms with van der Waals surface area (Å²) in [4.78, 5) is 24.2. The number of halogens is 1. The number of nitrogens with zero attached hydrogens (tertiary/aromatic N) is 2. The van der Waals surface area contributed by atoms with Crippen LogP contribution in [0.3, 0.4) is 0 Å². The number of aromatic nitrogens is 3. The van der Waals surface area contributed by atoms with Crippen molar-refractivity contribution in [3.63, 3.8) is 0 Å². The predicted octanol–water partition coefficient (Wildman–Crippen LogP) is 0.327. The van der Waals surface area contributed by atoms with E-state index in [1.165, 1.54) is 18.2 Å². The molecule has 0 radical (unpaired) electrons. The first-order valence-corrected chi connectivity index (χ1v) is 4.73. The third-order valence-electron chi connectivity index (χ3n) is 2.06. The monoisotopic (exact) mass is 237 g/mol. The van der Waals surface area contributed by atoms with E-state index in [1.807, 2.05) is 0 Å². The van der Waals surface area contributed by atoms with Gasteiger partial charge in [-0.2, -0.15) is 4.68 Å². The molecule has 7 heteroatoms. The molecule has 88 valence electrons. The van der Waals surface area contributed by atoms with Crippen LogP contribution in [0.25, 0.3) is 5.69 Å². The number of nitrogens with one attached hydrogen (secondary N) is 1. The molecule has 0 spiro atoms. The molecule has 2 rings (SSSR count). The summed E-state index contributed by atoms with van der Waals surface area (Å²) in [5, 5.41) is 12.3. The molecule has 1 aromatic heterocycles. The Labute approximate surface area is 94.3 Å². The zero-order valence-electron chi connectivity index (χ0n) is 8.55. The van der Waals surface area contributed by atoms with Crippen LogP contribution < -0.4 is 5.69 Å². The van der Waals surface area contributed by atoms with Crippen molar-refractivity contribution in [1.82, 2.24) is 14.8 Å². The van der Waals surface area contributed by atoms with E-state index in [1.54, 1.807) is 6.07 Å². The number of hydrogen-bond acceptors (Lipinski definition) is 3. The molecule has 0 fully saturated rings. The van der Waals surface area contributed by atoms with Crippen molar-refractivity contribution in [1.29, 1.82) is 0 Å². The quantitative estimate of drug-likeness (QED) is 0.805. The van der Waals surface area contributed by atoms with Crippen LogP contribution in [0.4, 0.5) is 4.39 Å². The maximum Gasteiger partial charge on any atom is 0.348 e. The maximum atomic E-state index is 13.4. The highest BCUT2D eigenvalue weighted by Crippen LogP contribution is 2.09. The van der Waals surface area contributed by atoms with Crippen LogP contribution in [0.15, 0.2) is 29.1 Å². The lowest BCUT2D eigenvalue weighted by atomic mass is 10.3. The van der Waals surface area contributed by atoms with Crippen LogP contribution in [0.1, 0.15) is 5.82 Å². The Morgan fingerprint density at radius 1 is 1.47 bits per heavy atom. The number of rotatable bonds is 3. The fourth-order valence-electron chi connectivity index (χ4n) is 1.38. The number of aromatic amines is 1. The fraction of sp³-hybridized carbons (Fsp3) is 0.100. The smallest absolute Gasteiger partial charge is 0.348 e. The summed E-state index contributed by atoms with van der Waals surface area (Å²) in [5.41, 5.74) is -0.697. The summed E-state index contributed by atoms with van der Waals surface area (Å²) in [5.74, 6) is -1.76. The number of carbonyl (C=O) groups is 1. The van der Waals surface area contributed by atoms with Gasteiger partial charge >= 0.3 is 11.7 Å². The molecule has 0 aliphatic carbocycles. The van der Waals surface area contributed by atoms with E-state index < -0.39 is 23.9 Å². The van der Waals surface area contributed by atoms with Gasteiger partial charge in [0.25, 0.3) is 0 Å². The van der Waals surface area contributed by atoms with Crippen molar-refractivity contribution in [3.05, 3.63) is 46.4 Å². The lowest BCUT2D eigenvalue weighted by Gasteiger charge is -1.99. The van der Waals surface area contributed by atoms with Crippen molar-refractivity contribution in [2.45, 2.75) is 6.42 Å². The molecule has 2 aromatic rings. The van der Waals surface area contributed by atoms with Gasteiger partial charge in [0.2, 0.25) is 0 Å². The molecule has 0 bridgehead atoms. The van der Waals surface area contributed by atoms with Gasteiger partial charge in [0, 0.05) is 0 Å².